The molecule has 1 aromatic carbocycles. The van der Waals surface area contributed by atoms with E-state index < -0.39 is 16.1 Å². The number of nitro benzene ring substituents is 1. The normalized spacial score (nSPS) is 11.9. The molecule has 1 aromatic rings. The van der Waals surface area contributed by atoms with Gasteiger partial charge in [-0.15, -0.1) is 11.8 Å². The Balaban J connectivity index is 2.97. The average Bonchev–Trinajstić information content (AvgIpc) is 2.28. The first kappa shape index (κ1) is 13.3. The molecule has 1 rings (SSSR count). The number of methoxy groups -OCH3 is 1. The van der Waals surface area contributed by atoms with Gasteiger partial charge in [0.25, 0.3) is 0 Å². The summed E-state index contributed by atoms with van der Waals surface area (Å²) in [5.41, 5.74) is -0.139. The van der Waals surface area contributed by atoms with Gasteiger partial charge in [-0.2, -0.15) is 0 Å². The van der Waals surface area contributed by atoms with Gasteiger partial charge < -0.3 is 9.84 Å². The summed E-state index contributed by atoms with van der Waals surface area (Å²) in [6.45, 7) is 1.54. The number of thioether (sulfide) groups is 1. The highest BCUT2D eigenvalue weighted by Crippen LogP contribution is 2.33. The highest BCUT2D eigenvalue weighted by molar-refractivity contribution is 8.00. The number of benzene rings is 1. The monoisotopic (exact) mass is 257 g/mol. The van der Waals surface area contributed by atoms with Crippen LogP contribution in [-0.4, -0.2) is 28.4 Å². The van der Waals surface area contributed by atoms with Crippen LogP contribution in [0.3, 0.4) is 0 Å². The van der Waals surface area contributed by atoms with E-state index in [-0.39, 0.29) is 11.4 Å². The van der Waals surface area contributed by atoms with Crippen molar-refractivity contribution in [1.29, 1.82) is 0 Å². The second-order valence-corrected chi connectivity index (χ2v) is 4.60. The largest absolute Gasteiger partial charge is 0.490 e. The molecule has 0 radical (unpaired) electrons. The third kappa shape index (κ3) is 3.35. The van der Waals surface area contributed by atoms with Crippen molar-refractivity contribution < 1.29 is 19.6 Å². The molecule has 0 saturated heterocycles. The van der Waals surface area contributed by atoms with Crippen LogP contribution >= 0.6 is 11.8 Å². The fourth-order valence-electron chi connectivity index (χ4n) is 1.14. The summed E-state index contributed by atoms with van der Waals surface area (Å²) >= 11 is 1.10. The molecule has 7 heteroatoms. The Morgan fingerprint density at radius 1 is 1.59 bits per heavy atom. The van der Waals surface area contributed by atoms with E-state index in [0.717, 1.165) is 11.8 Å². The third-order valence-corrected chi connectivity index (χ3v) is 3.09. The van der Waals surface area contributed by atoms with Crippen molar-refractivity contribution in [2.75, 3.05) is 7.11 Å². The SMILES string of the molecule is COc1cc(SC(C)C(=O)O)ccc1[N+](=O)[O-]. The fraction of sp³-hybridized carbons (Fsp3) is 0.300. The van der Waals surface area contributed by atoms with E-state index in [1.54, 1.807) is 6.92 Å². The summed E-state index contributed by atoms with van der Waals surface area (Å²) in [5, 5.41) is 18.8. The standard InChI is InChI=1S/C10H11NO5S/c1-6(10(12)13)17-7-3-4-8(11(14)15)9(5-7)16-2/h3-6H,1-2H3,(H,12,13). The number of nitrogens with zero attached hydrogens (tertiary/aromatic N) is 1. The molecule has 1 N–H and O–H groups in total. The molecule has 1 atom stereocenters. The van der Waals surface area contributed by atoms with Crippen molar-refractivity contribution >= 4 is 23.4 Å². The van der Waals surface area contributed by atoms with Crippen LogP contribution in [0.25, 0.3) is 0 Å². The van der Waals surface area contributed by atoms with E-state index in [2.05, 4.69) is 0 Å². The molecule has 0 aliphatic rings. The minimum atomic E-state index is -0.938. The number of aliphatic carboxylic acids is 1. The number of hydrogen-bond acceptors (Lipinski definition) is 5. The zero-order chi connectivity index (χ0) is 13.0. The molecule has 0 aliphatic heterocycles. The van der Waals surface area contributed by atoms with Crippen molar-refractivity contribution in [2.24, 2.45) is 0 Å². The molecule has 1 unspecified atom stereocenters. The molecule has 6 nitrogen and oxygen atoms in total. The maximum absolute atomic E-state index is 10.7. The van der Waals surface area contributed by atoms with Gasteiger partial charge in [0.2, 0.25) is 0 Å². The molecule has 0 saturated carbocycles. The molecule has 17 heavy (non-hydrogen) atoms. The first-order valence-electron chi connectivity index (χ1n) is 4.67. The molecule has 92 valence electrons. The van der Waals surface area contributed by atoms with Gasteiger partial charge in [-0.05, 0) is 13.0 Å². The first-order valence-corrected chi connectivity index (χ1v) is 5.55. The van der Waals surface area contributed by atoms with Crippen molar-refractivity contribution in [2.45, 2.75) is 17.1 Å². The molecule has 0 amide bonds. The van der Waals surface area contributed by atoms with E-state index in [1.807, 2.05) is 0 Å². The second kappa shape index (κ2) is 5.53. The van der Waals surface area contributed by atoms with E-state index >= 15 is 0 Å². The molecule has 0 heterocycles. The van der Waals surface area contributed by atoms with E-state index in [0.29, 0.717) is 4.90 Å². The van der Waals surface area contributed by atoms with Gasteiger partial charge in [0, 0.05) is 17.0 Å². The maximum atomic E-state index is 10.7. The average molecular weight is 257 g/mol. The van der Waals surface area contributed by atoms with Gasteiger partial charge in [-0.3, -0.25) is 14.9 Å². The first-order chi connectivity index (χ1) is 7.95. The maximum Gasteiger partial charge on any atom is 0.316 e. The summed E-state index contributed by atoms with van der Waals surface area (Å²) in [7, 11) is 1.33. The Kier molecular flexibility index (Phi) is 4.33. The van der Waals surface area contributed by atoms with Crippen LogP contribution in [-0.2, 0) is 4.79 Å². The lowest BCUT2D eigenvalue weighted by atomic mass is 10.3. The number of carboxylic acids is 1. The van der Waals surface area contributed by atoms with Crippen molar-refractivity contribution in [3.8, 4) is 5.75 Å². The van der Waals surface area contributed by atoms with E-state index in [1.165, 1.54) is 25.3 Å². The second-order valence-electron chi connectivity index (χ2n) is 3.19. The van der Waals surface area contributed by atoms with E-state index in [4.69, 9.17) is 9.84 Å². The molecule has 0 aliphatic carbocycles. The van der Waals surface area contributed by atoms with Crippen molar-refractivity contribution in [1.82, 2.24) is 0 Å². The zero-order valence-electron chi connectivity index (χ0n) is 9.25. The topological polar surface area (TPSA) is 89.7 Å². The predicted octanol–water partition coefficient (Wildman–Crippen LogP) is 2.17. The lowest BCUT2D eigenvalue weighted by molar-refractivity contribution is -0.385. The fourth-order valence-corrected chi connectivity index (χ4v) is 1.97. The van der Waals surface area contributed by atoms with Gasteiger partial charge in [-0.1, -0.05) is 0 Å². The Labute approximate surface area is 102 Å². The van der Waals surface area contributed by atoms with Gasteiger partial charge in [0.1, 0.15) is 5.25 Å². The molecular weight excluding hydrogens is 246 g/mol. The smallest absolute Gasteiger partial charge is 0.316 e. The van der Waals surface area contributed by atoms with Gasteiger partial charge in [0.05, 0.1) is 12.0 Å². The van der Waals surface area contributed by atoms with Gasteiger partial charge >= 0.3 is 11.7 Å². The predicted molar refractivity (Wildman–Crippen MR) is 62.6 cm³/mol. The van der Waals surface area contributed by atoms with Crippen molar-refractivity contribution in [3.63, 3.8) is 0 Å². The van der Waals surface area contributed by atoms with Gasteiger partial charge in [0.15, 0.2) is 5.75 Å². The van der Waals surface area contributed by atoms with E-state index in [9.17, 15) is 14.9 Å². The van der Waals surface area contributed by atoms with Crippen LogP contribution in [0.2, 0.25) is 0 Å². The minimum absolute atomic E-state index is 0.123. The zero-order valence-corrected chi connectivity index (χ0v) is 10.1. The number of carboxylic acid groups (broad SMARTS) is 1. The van der Waals surface area contributed by atoms with Crippen LogP contribution < -0.4 is 4.74 Å². The molecular formula is C10H11NO5S. The highest BCUT2D eigenvalue weighted by atomic mass is 32.2. The summed E-state index contributed by atoms with van der Waals surface area (Å²) in [4.78, 5) is 21.4. The number of hydrogen-bond donors (Lipinski definition) is 1. The quantitative estimate of drug-likeness (QED) is 0.494. The van der Waals surface area contributed by atoms with Crippen LogP contribution in [0, 0.1) is 10.1 Å². The Bertz CT molecular complexity index is 448. The molecule has 0 bridgehead atoms. The number of ether oxygens (including phenoxy) is 1. The highest BCUT2D eigenvalue weighted by Gasteiger charge is 2.17. The number of rotatable bonds is 5. The van der Waals surface area contributed by atoms with Gasteiger partial charge in [-0.25, -0.2) is 0 Å². The summed E-state index contributed by atoms with van der Waals surface area (Å²) in [6, 6.07) is 4.27. The molecule has 0 aromatic heterocycles. The lowest BCUT2D eigenvalue weighted by Gasteiger charge is -2.07. The third-order valence-electron chi connectivity index (χ3n) is 2.01. The Hall–Kier alpha value is -1.76. The van der Waals surface area contributed by atoms with Crippen LogP contribution in [0.4, 0.5) is 5.69 Å². The Morgan fingerprint density at radius 2 is 2.24 bits per heavy atom. The Morgan fingerprint density at radius 3 is 2.71 bits per heavy atom. The summed E-state index contributed by atoms with van der Waals surface area (Å²) in [6.07, 6.45) is 0. The van der Waals surface area contributed by atoms with Crippen molar-refractivity contribution in [3.05, 3.63) is 28.3 Å². The number of nitro groups is 1. The minimum Gasteiger partial charge on any atom is -0.490 e. The van der Waals surface area contributed by atoms with Crippen LogP contribution in [0.5, 0.6) is 5.75 Å². The lowest BCUT2D eigenvalue weighted by Crippen LogP contribution is -2.11. The molecule has 0 fully saturated rings. The summed E-state index contributed by atoms with van der Waals surface area (Å²) in [5.74, 6) is -0.815. The summed E-state index contributed by atoms with van der Waals surface area (Å²) < 4.78 is 4.89. The number of carbonyl (C=O) groups is 1. The molecule has 0 spiro atoms. The van der Waals surface area contributed by atoms with Crippen LogP contribution in [0.1, 0.15) is 6.92 Å². The van der Waals surface area contributed by atoms with Crippen LogP contribution in [0.15, 0.2) is 23.1 Å².